The molecule has 0 atom stereocenters. The van der Waals surface area contributed by atoms with Crippen molar-refractivity contribution in [3.63, 3.8) is 0 Å². The Bertz CT molecular complexity index is 2060. The van der Waals surface area contributed by atoms with Gasteiger partial charge in [-0.25, -0.2) is 19.9 Å². The summed E-state index contributed by atoms with van der Waals surface area (Å²) in [4.78, 5) is 63.7. The number of carbonyl (C=O) groups is 2. The highest BCUT2D eigenvalue weighted by Crippen LogP contribution is 2.42. The first-order chi connectivity index (χ1) is 23.6. The molecule has 1 aromatic carbocycles. The van der Waals surface area contributed by atoms with Crippen molar-refractivity contribution in [2.75, 3.05) is 48.3 Å². The molecule has 3 aromatic heterocycles. The molecule has 17 heteroatoms. The summed E-state index contributed by atoms with van der Waals surface area (Å²) in [6.45, 7) is 6.06. The molecule has 264 valence electrons. The number of nitrogens with zero attached hydrogens (tertiary/aromatic N) is 8. The molecule has 4 aromatic rings. The Labute approximate surface area is 289 Å². The number of hydrogen-bond acceptors (Lipinski definition) is 10. The lowest BCUT2D eigenvalue weighted by atomic mass is 10.1. The predicted molar refractivity (Wildman–Crippen MR) is 181 cm³/mol. The number of benzene rings is 1. The van der Waals surface area contributed by atoms with Crippen LogP contribution >= 0.6 is 11.6 Å². The maximum absolute atomic E-state index is 14.3. The molecular formula is C33H35ClF3N9O4. The Balaban J connectivity index is 1.36. The molecule has 0 spiro atoms. The summed E-state index contributed by atoms with van der Waals surface area (Å²) < 4.78 is 41.2. The highest BCUT2D eigenvalue weighted by Gasteiger charge is 2.42. The number of anilines is 3. The second kappa shape index (κ2) is 13.0. The third kappa shape index (κ3) is 6.51. The van der Waals surface area contributed by atoms with E-state index in [0.29, 0.717) is 23.6 Å². The predicted octanol–water partition coefficient (Wildman–Crippen LogP) is 4.42. The quantitative estimate of drug-likeness (QED) is 0.269. The Kier molecular flexibility index (Phi) is 9.09. The van der Waals surface area contributed by atoms with Crippen molar-refractivity contribution in [2.45, 2.75) is 58.3 Å². The van der Waals surface area contributed by atoms with Crippen LogP contribution in [0.3, 0.4) is 0 Å². The Morgan fingerprint density at radius 2 is 1.82 bits per heavy atom. The number of fused-ring (bicyclic) bond motifs is 1. The minimum Gasteiger partial charge on any atom is -0.504 e. The number of rotatable bonds is 8. The smallest absolute Gasteiger partial charge is 0.416 e. The molecule has 13 nitrogen and oxygen atoms in total. The summed E-state index contributed by atoms with van der Waals surface area (Å²) in [5, 5.41) is 12.7. The third-order valence-corrected chi connectivity index (χ3v) is 9.76. The largest absolute Gasteiger partial charge is 0.504 e. The number of hydrogen-bond donors (Lipinski definition) is 2. The van der Waals surface area contributed by atoms with Crippen LogP contribution in [0.4, 0.5) is 30.4 Å². The fourth-order valence-electron chi connectivity index (χ4n) is 6.06. The number of aromatic hydroxyl groups is 1. The van der Waals surface area contributed by atoms with Crippen LogP contribution in [0.15, 0.2) is 35.5 Å². The number of piperazine rings is 1. The van der Waals surface area contributed by atoms with Gasteiger partial charge in [0.05, 0.1) is 28.2 Å². The number of nitrogens with one attached hydrogen (secondary N) is 1. The van der Waals surface area contributed by atoms with E-state index in [-0.39, 0.29) is 82.7 Å². The first kappa shape index (κ1) is 34.9. The van der Waals surface area contributed by atoms with Crippen molar-refractivity contribution < 1.29 is 27.9 Å². The van der Waals surface area contributed by atoms with Gasteiger partial charge in [-0.3, -0.25) is 14.4 Å². The molecular weight excluding hydrogens is 679 g/mol. The summed E-state index contributed by atoms with van der Waals surface area (Å²) in [5.41, 5.74) is -0.276. The molecule has 1 aliphatic heterocycles. The van der Waals surface area contributed by atoms with Crippen LogP contribution in [0.25, 0.3) is 11.2 Å². The average molecular weight is 714 g/mol. The molecule has 1 saturated heterocycles. The molecule has 4 heterocycles. The van der Waals surface area contributed by atoms with E-state index in [2.05, 4.69) is 27.2 Å². The van der Waals surface area contributed by atoms with Crippen molar-refractivity contribution in [3.8, 4) is 5.75 Å². The summed E-state index contributed by atoms with van der Waals surface area (Å²) in [5.74, 6) is -0.875. The van der Waals surface area contributed by atoms with Crippen LogP contribution in [-0.4, -0.2) is 85.1 Å². The first-order valence-corrected chi connectivity index (χ1v) is 16.4. The molecule has 2 amide bonds. The van der Waals surface area contributed by atoms with Gasteiger partial charge in [-0.15, -0.1) is 0 Å². The standard InChI is InChI=1S/C33H35ClF3N9O4/c1-5-22-27(44-10-12-45(13-11-44)31(50)26-28(48)18(2)39-17-40-26)29(49)25-30(38-15-23(42-25)43(4)32(3)8-9-32)46(22)16-24(47)41-21-7-6-19(14-20(21)34)33(35,36)37/h6-7,14-15,17,48H,5,8-13,16H2,1-4H3,(H,41,47). The fourth-order valence-corrected chi connectivity index (χ4v) is 6.29. The summed E-state index contributed by atoms with van der Waals surface area (Å²) >= 11 is 6.12. The molecule has 1 aliphatic carbocycles. The zero-order valence-electron chi connectivity index (χ0n) is 27.8. The molecule has 2 fully saturated rings. The van der Waals surface area contributed by atoms with Crippen molar-refractivity contribution in [2.24, 2.45) is 0 Å². The van der Waals surface area contributed by atoms with Crippen LogP contribution in [0.5, 0.6) is 5.75 Å². The number of amides is 2. The second-order valence-electron chi connectivity index (χ2n) is 12.7. The van der Waals surface area contributed by atoms with Crippen molar-refractivity contribution in [1.82, 2.24) is 29.4 Å². The number of aryl methyl sites for hydroxylation is 1. The van der Waals surface area contributed by atoms with E-state index in [1.165, 1.54) is 11.2 Å². The van der Waals surface area contributed by atoms with Crippen LogP contribution < -0.4 is 20.5 Å². The zero-order valence-corrected chi connectivity index (χ0v) is 28.6. The summed E-state index contributed by atoms with van der Waals surface area (Å²) in [6, 6.07) is 2.65. The molecule has 0 radical (unpaired) electrons. The van der Waals surface area contributed by atoms with Crippen LogP contribution in [0.1, 0.15) is 54.1 Å². The van der Waals surface area contributed by atoms with Gasteiger partial charge >= 0.3 is 6.18 Å². The van der Waals surface area contributed by atoms with Crippen molar-refractivity contribution in [3.05, 3.63) is 68.6 Å². The van der Waals surface area contributed by atoms with Gasteiger partial charge in [0.15, 0.2) is 22.6 Å². The minimum atomic E-state index is -4.61. The molecule has 0 bridgehead atoms. The van der Waals surface area contributed by atoms with E-state index in [9.17, 15) is 32.7 Å². The van der Waals surface area contributed by atoms with Gasteiger partial charge in [0.2, 0.25) is 11.3 Å². The van der Waals surface area contributed by atoms with Gasteiger partial charge in [-0.1, -0.05) is 18.5 Å². The molecule has 2 N–H and O–H groups in total. The number of aromatic nitrogens is 5. The van der Waals surface area contributed by atoms with Crippen LogP contribution in [-0.2, 0) is 23.9 Å². The first-order valence-electron chi connectivity index (χ1n) is 16.0. The maximum Gasteiger partial charge on any atom is 0.416 e. The number of pyridine rings is 1. The van der Waals surface area contributed by atoms with Crippen LogP contribution in [0, 0.1) is 6.92 Å². The second-order valence-corrected chi connectivity index (χ2v) is 13.1. The Morgan fingerprint density at radius 1 is 1.12 bits per heavy atom. The van der Waals surface area contributed by atoms with E-state index >= 15 is 0 Å². The van der Waals surface area contributed by atoms with E-state index in [1.807, 2.05) is 23.8 Å². The monoisotopic (exact) mass is 713 g/mol. The molecule has 50 heavy (non-hydrogen) atoms. The fraction of sp³-hybridized carbons (Fsp3) is 0.424. The Hall–Kier alpha value is -4.99. The van der Waals surface area contributed by atoms with Gasteiger partial charge in [0.25, 0.3) is 5.91 Å². The minimum absolute atomic E-state index is 0.00771. The van der Waals surface area contributed by atoms with Gasteiger partial charge in [0, 0.05) is 44.5 Å². The van der Waals surface area contributed by atoms with Crippen molar-refractivity contribution >= 4 is 51.8 Å². The van der Waals surface area contributed by atoms with Crippen LogP contribution in [0.2, 0.25) is 5.02 Å². The van der Waals surface area contributed by atoms with Gasteiger partial charge in [0.1, 0.15) is 24.4 Å². The molecule has 1 saturated carbocycles. The SMILES string of the molecule is CCc1c(N2CCN(C(=O)c3ncnc(C)c3O)CC2)c(=O)c2nc(N(C)C3(C)CC3)cnc2n1CC(=O)Nc1ccc(C(F)(F)F)cc1Cl. The number of carbonyl (C=O) groups excluding carboxylic acids is 2. The molecule has 2 aliphatic rings. The summed E-state index contributed by atoms with van der Waals surface area (Å²) in [7, 11) is 1.89. The average Bonchev–Trinajstić information content (AvgIpc) is 3.84. The lowest BCUT2D eigenvalue weighted by Crippen LogP contribution is -2.50. The highest BCUT2D eigenvalue weighted by molar-refractivity contribution is 6.33. The topological polar surface area (TPSA) is 150 Å². The van der Waals surface area contributed by atoms with E-state index in [0.717, 1.165) is 31.0 Å². The third-order valence-electron chi connectivity index (χ3n) is 9.45. The van der Waals surface area contributed by atoms with Gasteiger partial charge in [-0.2, -0.15) is 13.2 Å². The van der Waals surface area contributed by atoms with Gasteiger partial charge < -0.3 is 29.7 Å². The van der Waals surface area contributed by atoms with E-state index < -0.39 is 23.6 Å². The Morgan fingerprint density at radius 3 is 2.44 bits per heavy atom. The zero-order chi connectivity index (χ0) is 36.1. The lowest BCUT2D eigenvalue weighted by molar-refractivity contribution is -0.137. The number of halogens is 4. The number of alkyl halides is 3. The lowest BCUT2D eigenvalue weighted by Gasteiger charge is -2.37. The van der Waals surface area contributed by atoms with Gasteiger partial charge in [-0.05, 0) is 51.3 Å². The normalized spacial score (nSPS) is 15.7. The molecule has 6 rings (SSSR count). The van der Waals surface area contributed by atoms with E-state index in [4.69, 9.17) is 16.6 Å². The summed E-state index contributed by atoms with van der Waals surface area (Å²) in [6.07, 6.45) is 0.377. The van der Waals surface area contributed by atoms with Crippen molar-refractivity contribution in [1.29, 1.82) is 0 Å². The highest BCUT2D eigenvalue weighted by atomic mass is 35.5. The maximum atomic E-state index is 14.3. The molecule has 0 unspecified atom stereocenters. The van der Waals surface area contributed by atoms with E-state index in [1.54, 1.807) is 17.7 Å².